The highest BCUT2D eigenvalue weighted by atomic mass is 16.3. The summed E-state index contributed by atoms with van der Waals surface area (Å²) in [5.41, 5.74) is 3.89. The maximum Gasteiger partial charge on any atom is 0.275 e. The minimum Gasteiger partial charge on any atom is -0.506 e. The Hall–Kier alpha value is -2.36. The van der Waals surface area contributed by atoms with E-state index in [0.29, 0.717) is 11.3 Å². The summed E-state index contributed by atoms with van der Waals surface area (Å²) >= 11 is 0. The number of hydrazone groups is 1. The van der Waals surface area contributed by atoms with Gasteiger partial charge in [0.1, 0.15) is 5.75 Å². The highest BCUT2D eigenvalue weighted by Crippen LogP contribution is 2.28. The van der Waals surface area contributed by atoms with Crippen LogP contribution in [0.2, 0.25) is 0 Å². The van der Waals surface area contributed by atoms with Gasteiger partial charge in [-0.1, -0.05) is 43.7 Å². The molecule has 1 atom stereocenters. The molecule has 1 aliphatic carbocycles. The van der Waals surface area contributed by atoms with Gasteiger partial charge in [-0.15, -0.1) is 0 Å². The third-order valence-corrected chi connectivity index (χ3v) is 4.34. The Kier molecular flexibility index (Phi) is 4.09. The van der Waals surface area contributed by atoms with E-state index in [-0.39, 0.29) is 17.2 Å². The summed E-state index contributed by atoms with van der Waals surface area (Å²) in [5, 5.41) is 16.1. The highest BCUT2D eigenvalue weighted by Gasteiger charge is 2.17. The topological polar surface area (TPSA) is 61.7 Å². The van der Waals surface area contributed by atoms with Crippen molar-refractivity contribution in [3.05, 3.63) is 42.0 Å². The fourth-order valence-electron chi connectivity index (χ4n) is 2.96. The summed E-state index contributed by atoms with van der Waals surface area (Å²) in [4.78, 5) is 12.3. The number of carbonyl (C=O) groups excluding carboxylic acids is 1. The summed E-state index contributed by atoms with van der Waals surface area (Å²) in [6.07, 6.45) is 4.40. The number of hydrogen-bond donors (Lipinski definition) is 2. The number of rotatable bonds is 2. The number of carbonyl (C=O) groups is 1. The lowest BCUT2D eigenvalue weighted by Crippen LogP contribution is -2.24. The molecule has 2 aromatic carbocycles. The summed E-state index contributed by atoms with van der Waals surface area (Å²) in [6.45, 7) is 2.14. The van der Waals surface area contributed by atoms with Crippen LogP contribution in [0.15, 0.2) is 41.5 Å². The Morgan fingerprint density at radius 1 is 1.23 bits per heavy atom. The van der Waals surface area contributed by atoms with Gasteiger partial charge >= 0.3 is 0 Å². The molecule has 114 valence electrons. The van der Waals surface area contributed by atoms with E-state index in [4.69, 9.17) is 0 Å². The summed E-state index contributed by atoms with van der Waals surface area (Å²) in [6, 6.07) is 10.9. The zero-order chi connectivity index (χ0) is 15.5. The average molecular weight is 296 g/mol. The fourth-order valence-corrected chi connectivity index (χ4v) is 2.96. The molecule has 0 saturated heterocycles. The van der Waals surface area contributed by atoms with E-state index in [1.165, 1.54) is 6.42 Å². The SMILES string of the molecule is C[C@@H]1CCCC/C1=N\NC(=O)c1ccc2ccccc2c1O. The normalized spacial score (nSPS) is 20.2. The van der Waals surface area contributed by atoms with Crippen molar-refractivity contribution in [2.75, 3.05) is 0 Å². The monoisotopic (exact) mass is 296 g/mol. The van der Waals surface area contributed by atoms with Gasteiger partial charge in [0.05, 0.1) is 5.56 Å². The molecule has 0 aromatic heterocycles. The average Bonchev–Trinajstić information content (AvgIpc) is 2.54. The van der Waals surface area contributed by atoms with Crippen LogP contribution >= 0.6 is 0 Å². The maximum atomic E-state index is 12.3. The predicted molar refractivity (Wildman–Crippen MR) is 88.1 cm³/mol. The van der Waals surface area contributed by atoms with E-state index >= 15 is 0 Å². The molecule has 22 heavy (non-hydrogen) atoms. The minimum atomic E-state index is -0.367. The molecule has 3 rings (SSSR count). The third-order valence-electron chi connectivity index (χ3n) is 4.34. The zero-order valence-corrected chi connectivity index (χ0v) is 12.7. The Labute approximate surface area is 129 Å². The second kappa shape index (κ2) is 6.18. The number of fused-ring (bicyclic) bond motifs is 1. The fraction of sp³-hybridized carbons (Fsp3) is 0.333. The summed E-state index contributed by atoms with van der Waals surface area (Å²) in [7, 11) is 0. The van der Waals surface area contributed by atoms with E-state index in [2.05, 4.69) is 17.5 Å². The van der Waals surface area contributed by atoms with Gasteiger partial charge < -0.3 is 5.11 Å². The first-order valence-electron chi connectivity index (χ1n) is 7.74. The number of nitrogens with one attached hydrogen (secondary N) is 1. The number of phenols is 1. The molecule has 4 nitrogen and oxygen atoms in total. The van der Waals surface area contributed by atoms with Gasteiger partial charge in [0.15, 0.2) is 0 Å². The van der Waals surface area contributed by atoms with E-state index in [9.17, 15) is 9.90 Å². The molecule has 0 radical (unpaired) electrons. The number of hydrogen-bond acceptors (Lipinski definition) is 3. The molecule has 4 heteroatoms. The second-order valence-corrected chi connectivity index (χ2v) is 5.87. The van der Waals surface area contributed by atoms with Crippen molar-refractivity contribution in [3.63, 3.8) is 0 Å². The van der Waals surface area contributed by atoms with Crippen molar-refractivity contribution in [3.8, 4) is 5.75 Å². The lowest BCUT2D eigenvalue weighted by molar-refractivity contribution is 0.0952. The molecule has 0 heterocycles. The van der Waals surface area contributed by atoms with Gasteiger partial charge in [-0.05, 0) is 36.6 Å². The van der Waals surface area contributed by atoms with E-state index < -0.39 is 0 Å². The molecular weight excluding hydrogens is 276 g/mol. The number of benzene rings is 2. The minimum absolute atomic E-state index is 0.00694. The standard InChI is InChI=1S/C18H20N2O2/c1-12-6-2-5-9-16(12)19-20-18(22)15-11-10-13-7-3-4-8-14(13)17(15)21/h3-4,7-8,10-12,21H,2,5-6,9H2,1H3,(H,20,22)/b19-16+/t12-/m1/s1. The van der Waals surface area contributed by atoms with Crippen molar-refractivity contribution in [2.45, 2.75) is 32.6 Å². The summed E-state index contributed by atoms with van der Waals surface area (Å²) in [5.74, 6) is 0.0558. The number of amides is 1. The number of phenolic OH excluding ortho intramolecular Hbond substituents is 1. The quantitative estimate of drug-likeness (QED) is 0.827. The van der Waals surface area contributed by atoms with Gasteiger partial charge in [-0.2, -0.15) is 5.10 Å². The van der Waals surface area contributed by atoms with Crippen molar-refractivity contribution in [1.82, 2.24) is 5.43 Å². The Balaban J connectivity index is 1.83. The number of aromatic hydroxyl groups is 1. The molecule has 2 aromatic rings. The lowest BCUT2D eigenvalue weighted by atomic mass is 9.89. The van der Waals surface area contributed by atoms with Crippen LogP contribution in [0.4, 0.5) is 0 Å². The lowest BCUT2D eigenvalue weighted by Gasteiger charge is -2.19. The van der Waals surface area contributed by atoms with Crippen LogP contribution in [-0.2, 0) is 0 Å². The Morgan fingerprint density at radius 3 is 2.86 bits per heavy atom. The highest BCUT2D eigenvalue weighted by molar-refractivity contribution is 6.04. The third kappa shape index (κ3) is 2.82. The zero-order valence-electron chi connectivity index (χ0n) is 12.7. The Bertz CT molecular complexity index is 737. The number of nitrogens with zero attached hydrogens (tertiary/aromatic N) is 1. The van der Waals surface area contributed by atoms with E-state index in [1.807, 2.05) is 24.3 Å². The molecule has 1 fully saturated rings. The van der Waals surface area contributed by atoms with Crippen LogP contribution in [0.3, 0.4) is 0 Å². The molecule has 1 aliphatic rings. The summed E-state index contributed by atoms with van der Waals surface area (Å²) < 4.78 is 0. The van der Waals surface area contributed by atoms with Crippen LogP contribution in [0.5, 0.6) is 5.75 Å². The molecule has 0 spiro atoms. The van der Waals surface area contributed by atoms with Gasteiger partial charge in [0.2, 0.25) is 0 Å². The largest absolute Gasteiger partial charge is 0.506 e. The second-order valence-electron chi connectivity index (χ2n) is 5.87. The molecular formula is C18H20N2O2. The molecule has 2 N–H and O–H groups in total. The van der Waals surface area contributed by atoms with Gasteiger partial charge in [0, 0.05) is 11.1 Å². The maximum absolute atomic E-state index is 12.3. The van der Waals surface area contributed by atoms with Crippen LogP contribution < -0.4 is 5.43 Å². The van der Waals surface area contributed by atoms with Crippen molar-refractivity contribution in [1.29, 1.82) is 0 Å². The van der Waals surface area contributed by atoms with Crippen LogP contribution in [-0.4, -0.2) is 16.7 Å². The van der Waals surface area contributed by atoms with Crippen LogP contribution in [0, 0.1) is 5.92 Å². The smallest absolute Gasteiger partial charge is 0.275 e. The van der Waals surface area contributed by atoms with Crippen LogP contribution in [0.25, 0.3) is 10.8 Å². The predicted octanol–water partition coefficient (Wildman–Crippen LogP) is 3.84. The van der Waals surface area contributed by atoms with Gasteiger partial charge in [-0.25, -0.2) is 5.43 Å². The van der Waals surface area contributed by atoms with Crippen molar-refractivity contribution < 1.29 is 9.90 Å². The van der Waals surface area contributed by atoms with Gasteiger partial charge in [0.25, 0.3) is 5.91 Å². The van der Waals surface area contributed by atoms with Crippen molar-refractivity contribution >= 4 is 22.4 Å². The first-order chi connectivity index (χ1) is 10.7. The molecule has 1 amide bonds. The van der Waals surface area contributed by atoms with Gasteiger partial charge in [-0.3, -0.25) is 4.79 Å². The first kappa shape index (κ1) is 14.6. The van der Waals surface area contributed by atoms with Crippen LogP contribution in [0.1, 0.15) is 43.0 Å². The molecule has 0 aliphatic heterocycles. The Morgan fingerprint density at radius 2 is 2.05 bits per heavy atom. The van der Waals surface area contributed by atoms with E-state index in [1.54, 1.807) is 12.1 Å². The molecule has 1 saturated carbocycles. The molecule has 0 bridgehead atoms. The first-order valence-corrected chi connectivity index (χ1v) is 7.74. The molecule has 0 unspecified atom stereocenters. The van der Waals surface area contributed by atoms with Crippen molar-refractivity contribution in [2.24, 2.45) is 11.0 Å². The van der Waals surface area contributed by atoms with E-state index in [0.717, 1.165) is 30.4 Å².